The van der Waals surface area contributed by atoms with Crippen molar-refractivity contribution in [3.63, 3.8) is 0 Å². The van der Waals surface area contributed by atoms with Crippen molar-refractivity contribution in [3.8, 4) is 0 Å². The van der Waals surface area contributed by atoms with Gasteiger partial charge in [0.1, 0.15) is 0 Å². The Hall–Kier alpha value is -1.03. The summed E-state index contributed by atoms with van der Waals surface area (Å²) < 4.78 is 0. The van der Waals surface area contributed by atoms with E-state index in [0.29, 0.717) is 0 Å². The van der Waals surface area contributed by atoms with E-state index in [9.17, 15) is 4.79 Å². The fourth-order valence-electron chi connectivity index (χ4n) is 2.19. The van der Waals surface area contributed by atoms with E-state index >= 15 is 0 Å². The molecule has 15 heavy (non-hydrogen) atoms. The third kappa shape index (κ3) is 3.23. The van der Waals surface area contributed by atoms with Crippen molar-refractivity contribution in [1.29, 1.82) is 0 Å². The van der Waals surface area contributed by atoms with E-state index in [1.54, 1.807) is 0 Å². The molecule has 4 nitrogen and oxygen atoms in total. The SMILES string of the molecule is CN(C)C1(CN/C=C/C(=O)O)CCCC1. The van der Waals surface area contributed by atoms with Gasteiger partial charge in [-0.15, -0.1) is 0 Å². The molecular weight excluding hydrogens is 192 g/mol. The number of likely N-dealkylation sites (N-methyl/N-ethyl adjacent to an activating group) is 1. The molecule has 0 spiro atoms. The first kappa shape index (κ1) is 12.0. The van der Waals surface area contributed by atoms with Gasteiger partial charge in [-0.2, -0.15) is 0 Å². The molecule has 0 radical (unpaired) electrons. The van der Waals surface area contributed by atoms with Crippen LogP contribution in [-0.2, 0) is 4.79 Å². The van der Waals surface area contributed by atoms with Gasteiger partial charge in [-0.25, -0.2) is 4.79 Å². The molecule has 4 heteroatoms. The molecule has 0 aromatic heterocycles. The lowest BCUT2D eigenvalue weighted by atomic mass is 9.96. The minimum absolute atomic E-state index is 0.211. The normalized spacial score (nSPS) is 19.9. The van der Waals surface area contributed by atoms with E-state index in [4.69, 9.17) is 5.11 Å². The maximum absolute atomic E-state index is 10.3. The number of hydrogen-bond acceptors (Lipinski definition) is 3. The molecule has 0 bridgehead atoms. The van der Waals surface area contributed by atoms with Crippen molar-refractivity contribution in [2.75, 3.05) is 20.6 Å². The average Bonchev–Trinajstić information content (AvgIpc) is 2.62. The third-order valence-electron chi connectivity index (χ3n) is 3.26. The minimum atomic E-state index is -0.909. The number of rotatable bonds is 5. The molecule has 0 aliphatic heterocycles. The molecule has 86 valence electrons. The Morgan fingerprint density at radius 3 is 2.53 bits per heavy atom. The van der Waals surface area contributed by atoms with Crippen LogP contribution in [0, 0.1) is 0 Å². The van der Waals surface area contributed by atoms with Crippen molar-refractivity contribution in [1.82, 2.24) is 10.2 Å². The lowest BCUT2D eigenvalue weighted by Gasteiger charge is -2.36. The van der Waals surface area contributed by atoms with E-state index in [2.05, 4.69) is 24.3 Å². The summed E-state index contributed by atoms with van der Waals surface area (Å²) in [4.78, 5) is 12.5. The molecule has 0 heterocycles. The number of hydrogen-bond donors (Lipinski definition) is 2. The van der Waals surface area contributed by atoms with Crippen LogP contribution in [0.1, 0.15) is 25.7 Å². The Morgan fingerprint density at radius 2 is 2.07 bits per heavy atom. The Kier molecular flexibility index (Phi) is 4.15. The monoisotopic (exact) mass is 212 g/mol. The number of carboxylic acids is 1. The topological polar surface area (TPSA) is 52.6 Å². The molecule has 0 atom stereocenters. The van der Waals surface area contributed by atoms with Gasteiger partial charge in [-0.3, -0.25) is 0 Å². The fraction of sp³-hybridized carbons (Fsp3) is 0.727. The van der Waals surface area contributed by atoms with Crippen LogP contribution in [0.25, 0.3) is 0 Å². The Labute approximate surface area is 91.0 Å². The number of aliphatic carboxylic acids is 1. The molecule has 0 saturated heterocycles. The molecule has 1 aliphatic rings. The zero-order chi connectivity index (χ0) is 11.3. The maximum atomic E-state index is 10.3. The van der Waals surface area contributed by atoms with Gasteiger partial charge in [0.2, 0.25) is 0 Å². The highest BCUT2D eigenvalue weighted by atomic mass is 16.4. The van der Waals surface area contributed by atoms with Crippen molar-refractivity contribution in [3.05, 3.63) is 12.3 Å². The van der Waals surface area contributed by atoms with Crippen LogP contribution in [0.15, 0.2) is 12.3 Å². The highest BCUT2D eigenvalue weighted by Gasteiger charge is 2.35. The van der Waals surface area contributed by atoms with Crippen LogP contribution in [0.3, 0.4) is 0 Å². The van der Waals surface area contributed by atoms with Gasteiger partial charge in [-0.1, -0.05) is 12.8 Å². The second-order valence-corrected chi connectivity index (χ2v) is 4.38. The summed E-state index contributed by atoms with van der Waals surface area (Å²) in [6, 6.07) is 0. The fourth-order valence-corrected chi connectivity index (χ4v) is 2.19. The summed E-state index contributed by atoms with van der Waals surface area (Å²) in [5.41, 5.74) is 0.211. The second-order valence-electron chi connectivity index (χ2n) is 4.38. The van der Waals surface area contributed by atoms with Crippen molar-refractivity contribution < 1.29 is 9.90 Å². The quantitative estimate of drug-likeness (QED) is 0.669. The molecule has 1 aliphatic carbocycles. The Morgan fingerprint density at radius 1 is 1.47 bits per heavy atom. The summed E-state index contributed by atoms with van der Waals surface area (Å²) >= 11 is 0. The van der Waals surface area contributed by atoms with E-state index in [1.165, 1.54) is 31.9 Å². The van der Waals surface area contributed by atoms with E-state index in [0.717, 1.165) is 12.6 Å². The Bertz CT molecular complexity index is 243. The van der Waals surface area contributed by atoms with Gasteiger partial charge in [-0.05, 0) is 26.9 Å². The molecule has 1 saturated carbocycles. The number of carboxylic acid groups (broad SMARTS) is 1. The standard InChI is InChI=1S/C11H20N2O2/c1-13(2)11(6-3-4-7-11)9-12-8-5-10(14)15/h5,8,12H,3-4,6-7,9H2,1-2H3,(H,14,15)/b8-5+. The minimum Gasteiger partial charge on any atom is -0.478 e. The van der Waals surface area contributed by atoms with Crippen LogP contribution in [0.2, 0.25) is 0 Å². The molecular formula is C11H20N2O2. The molecule has 0 aromatic rings. The van der Waals surface area contributed by atoms with Crippen LogP contribution in [0.5, 0.6) is 0 Å². The predicted octanol–water partition coefficient (Wildman–Crippen LogP) is 1.05. The van der Waals surface area contributed by atoms with Crippen molar-refractivity contribution in [2.24, 2.45) is 0 Å². The largest absolute Gasteiger partial charge is 0.478 e. The van der Waals surface area contributed by atoms with E-state index in [-0.39, 0.29) is 5.54 Å². The Balaban J connectivity index is 2.43. The maximum Gasteiger partial charge on any atom is 0.329 e. The predicted molar refractivity (Wildman–Crippen MR) is 59.7 cm³/mol. The second kappa shape index (κ2) is 5.16. The highest BCUT2D eigenvalue weighted by Crippen LogP contribution is 2.32. The molecule has 2 N–H and O–H groups in total. The zero-order valence-corrected chi connectivity index (χ0v) is 9.49. The number of nitrogens with one attached hydrogen (secondary N) is 1. The highest BCUT2D eigenvalue weighted by molar-refractivity contribution is 5.79. The summed E-state index contributed by atoms with van der Waals surface area (Å²) in [6.07, 6.45) is 7.57. The van der Waals surface area contributed by atoms with Gasteiger partial charge in [0.15, 0.2) is 0 Å². The smallest absolute Gasteiger partial charge is 0.329 e. The summed E-state index contributed by atoms with van der Waals surface area (Å²) in [7, 11) is 4.18. The molecule has 0 unspecified atom stereocenters. The van der Waals surface area contributed by atoms with Crippen molar-refractivity contribution >= 4 is 5.97 Å². The average molecular weight is 212 g/mol. The molecule has 1 rings (SSSR count). The van der Waals surface area contributed by atoms with Crippen LogP contribution in [0.4, 0.5) is 0 Å². The lowest BCUT2D eigenvalue weighted by Crippen LogP contribution is -2.48. The van der Waals surface area contributed by atoms with Gasteiger partial charge >= 0.3 is 5.97 Å². The van der Waals surface area contributed by atoms with E-state index in [1.807, 2.05) is 0 Å². The first-order valence-electron chi connectivity index (χ1n) is 5.37. The van der Waals surface area contributed by atoms with Crippen LogP contribution in [-0.4, -0.2) is 42.2 Å². The van der Waals surface area contributed by atoms with Gasteiger partial charge in [0.05, 0.1) is 0 Å². The molecule has 0 amide bonds. The molecule has 1 fully saturated rings. The van der Waals surface area contributed by atoms with Crippen molar-refractivity contribution in [2.45, 2.75) is 31.2 Å². The lowest BCUT2D eigenvalue weighted by molar-refractivity contribution is -0.131. The van der Waals surface area contributed by atoms with Gasteiger partial charge in [0, 0.05) is 24.4 Å². The number of nitrogens with zero attached hydrogens (tertiary/aromatic N) is 1. The molecule has 0 aromatic carbocycles. The zero-order valence-electron chi connectivity index (χ0n) is 9.49. The van der Waals surface area contributed by atoms with E-state index < -0.39 is 5.97 Å². The van der Waals surface area contributed by atoms with Crippen LogP contribution < -0.4 is 5.32 Å². The number of carbonyl (C=O) groups is 1. The van der Waals surface area contributed by atoms with Crippen LogP contribution >= 0.6 is 0 Å². The summed E-state index contributed by atoms with van der Waals surface area (Å²) in [5, 5.41) is 11.5. The van der Waals surface area contributed by atoms with Gasteiger partial charge < -0.3 is 15.3 Å². The third-order valence-corrected chi connectivity index (χ3v) is 3.26. The first-order chi connectivity index (χ1) is 7.07. The van der Waals surface area contributed by atoms with Gasteiger partial charge in [0.25, 0.3) is 0 Å². The first-order valence-corrected chi connectivity index (χ1v) is 5.37. The summed E-state index contributed by atoms with van der Waals surface area (Å²) in [6.45, 7) is 0.823. The summed E-state index contributed by atoms with van der Waals surface area (Å²) in [5.74, 6) is -0.909.